The zero-order chi connectivity index (χ0) is 12.3. The molecule has 0 amide bonds. The second-order valence-electron chi connectivity index (χ2n) is 3.58. The number of hydrogen-bond donors (Lipinski definition) is 2. The van der Waals surface area contributed by atoms with Gasteiger partial charge in [0.25, 0.3) is 0 Å². The third-order valence-electron chi connectivity index (χ3n) is 2.28. The summed E-state index contributed by atoms with van der Waals surface area (Å²) in [6.45, 7) is 8.68. The van der Waals surface area contributed by atoms with Crippen molar-refractivity contribution >= 4 is 8.80 Å². The summed E-state index contributed by atoms with van der Waals surface area (Å²) in [5.74, 6) is 0. The van der Waals surface area contributed by atoms with E-state index < -0.39 is 8.80 Å². The van der Waals surface area contributed by atoms with E-state index in [-0.39, 0.29) is 6.15 Å². The average Bonchev–Trinajstić information content (AvgIpc) is 2.26. The van der Waals surface area contributed by atoms with Gasteiger partial charge < -0.3 is 25.2 Å². The molecule has 0 fully saturated rings. The van der Waals surface area contributed by atoms with Crippen LogP contribution in [0, 0.1) is 0 Å². The van der Waals surface area contributed by atoms with E-state index in [9.17, 15) is 0 Å². The third kappa shape index (κ3) is 8.70. The van der Waals surface area contributed by atoms with Gasteiger partial charge in [0.05, 0.1) is 0 Å². The van der Waals surface area contributed by atoms with Gasteiger partial charge in [-0.3, -0.25) is 0 Å². The molecule has 5 nitrogen and oxygen atoms in total. The summed E-state index contributed by atoms with van der Waals surface area (Å²) in [5.41, 5.74) is 5.47. The molecular weight excluding hydrogens is 236 g/mol. The lowest BCUT2D eigenvalue weighted by molar-refractivity contribution is 0.0706. The van der Waals surface area contributed by atoms with E-state index in [0.717, 1.165) is 31.9 Å². The van der Waals surface area contributed by atoms with E-state index >= 15 is 0 Å². The summed E-state index contributed by atoms with van der Waals surface area (Å²) < 4.78 is 17.3. The second-order valence-corrected chi connectivity index (χ2v) is 6.31. The van der Waals surface area contributed by atoms with E-state index in [1.165, 1.54) is 0 Å². The van der Waals surface area contributed by atoms with Crippen LogP contribution < -0.4 is 11.9 Å². The molecule has 106 valence electrons. The van der Waals surface area contributed by atoms with Crippen molar-refractivity contribution in [3.63, 3.8) is 0 Å². The Hall–Kier alpha value is 0.0169. The van der Waals surface area contributed by atoms with Gasteiger partial charge in [0.1, 0.15) is 0 Å². The zero-order valence-electron chi connectivity index (χ0n) is 11.7. The van der Waals surface area contributed by atoms with Crippen molar-refractivity contribution in [2.45, 2.75) is 46.1 Å². The molecule has 17 heavy (non-hydrogen) atoms. The Morgan fingerprint density at radius 2 is 1.29 bits per heavy atom. The third-order valence-corrected chi connectivity index (χ3v) is 5.43. The maximum Gasteiger partial charge on any atom is 0.500 e. The van der Waals surface area contributed by atoms with Crippen molar-refractivity contribution in [1.29, 1.82) is 0 Å². The second kappa shape index (κ2) is 12.5. The Kier molecular flexibility index (Phi) is 14.2. The quantitative estimate of drug-likeness (QED) is 0.442. The number of rotatable bonds is 11. The monoisotopic (exact) mass is 266 g/mol. The molecule has 0 aliphatic carbocycles. The summed E-state index contributed by atoms with van der Waals surface area (Å²) in [6.07, 6.45) is 3.26. The molecule has 0 aromatic heterocycles. The summed E-state index contributed by atoms with van der Waals surface area (Å²) in [4.78, 5) is 0. The summed E-state index contributed by atoms with van der Waals surface area (Å²) >= 11 is 0. The van der Waals surface area contributed by atoms with E-state index in [1.54, 1.807) is 0 Å². The number of nitrogens with two attached hydrogens (primary N) is 1. The lowest BCUT2D eigenvalue weighted by Crippen LogP contribution is -2.45. The van der Waals surface area contributed by atoms with Crippen molar-refractivity contribution < 1.29 is 13.3 Å². The topological polar surface area (TPSA) is 88.7 Å². The van der Waals surface area contributed by atoms with E-state index in [4.69, 9.17) is 19.0 Å². The Morgan fingerprint density at radius 3 is 1.65 bits per heavy atom. The van der Waals surface area contributed by atoms with Crippen LogP contribution in [-0.4, -0.2) is 35.2 Å². The van der Waals surface area contributed by atoms with Gasteiger partial charge >= 0.3 is 8.80 Å². The van der Waals surface area contributed by atoms with Gasteiger partial charge in [0.15, 0.2) is 0 Å². The lowest BCUT2D eigenvalue weighted by Gasteiger charge is -2.28. The van der Waals surface area contributed by atoms with Crippen LogP contribution in [-0.2, 0) is 13.3 Å². The Bertz CT molecular complexity index is 145. The van der Waals surface area contributed by atoms with Crippen molar-refractivity contribution in [3.05, 3.63) is 0 Å². The van der Waals surface area contributed by atoms with E-state index in [0.29, 0.717) is 19.8 Å². The molecule has 6 heteroatoms. The zero-order valence-corrected chi connectivity index (χ0v) is 12.7. The molecular formula is C11H30N2O3Si. The lowest BCUT2D eigenvalue weighted by atomic mass is 10.2. The van der Waals surface area contributed by atoms with Crippen LogP contribution in [0.15, 0.2) is 0 Å². The molecule has 5 N–H and O–H groups in total. The molecule has 0 aliphatic rings. The van der Waals surface area contributed by atoms with Gasteiger partial charge in [-0.15, -0.1) is 0 Å². The maximum absolute atomic E-state index is 5.75. The fourth-order valence-electron chi connectivity index (χ4n) is 1.66. The van der Waals surface area contributed by atoms with Gasteiger partial charge in [0, 0.05) is 25.9 Å². The maximum atomic E-state index is 5.75. The summed E-state index contributed by atoms with van der Waals surface area (Å²) in [7, 11) is -2.39. The van der Waals surface area contributed by atoms with Crippen LogP contribution in [0.4, 0.5) is 0 Å². The molecule has 0 aliphatic heterocycles. The van der Waals surface area contributed by atoms with Gasteiger partial charge in [-0.05, 0) is 40.2 Å². The van der Waals surface area contributed by atoms with Gasteiger partial charge in [-0.2, -0.15) is 0 Å². The highest BCUT2D eigenvalue weighted by Gasteiger charge is 2.39. The molecule has 0 unspecified atom stereocenters. The normalized spacial score (nSPS) is 11.3. The van der Waals surface area contributed by atoms with Crippen LogP contribution in [0.2, 0.25) is 6.04 Å². The van der Waals surface area contributed by atoms with Crippen molar-refractivity contribution in [3.8, 4) is 0 Å². The highest BCUT2D eigenvalue weighted by molar-refractivity contribution is 6.60. The molecule has 0 aromatic carbocycles. The van der Waals surface area contributed by atoms with E-state index in [2.05, 4.69) is 0 Å². The molecule has 0 heterocycles. The van der Waals surface area contributed by atoms with Crippen LogP contribution in [0.5, 0.6) is 0 Å². The minimum absolute atomic E-state index is 0. The molecule has 0 aromatic rings. The minimum Gasteiger partial charge on any atom is -0.374 e. The first-order valence-electron chi connectivity index (χ1n) is 6.36. The summed E-state index contributed by atoms with van der Waals surface area (Å²) in [5, 5.41) is 0. The van der Waals surface area contributed by atoms with Crippen LogP contribution >= 0.6 is 0 Å². The smallest absolute Gasteiger partial charge is 0.374 e. The molecule has 0 rings (SSSR count). The first-order chi connectivity index (χ1) is 7.74. The van der Waals surface area contributed by atoms with Crippen molar-refractivity contribution in [2.24, 2.45) is 5.73 Å². The van der Waals surface area contributed by atoms with Crippen LogP contribution in [0.1, 0.15) is 40.0 Å². The SMILES string of the molecule is CCO[Si](CCCCCN)(OCC)OCC.N. The molecule has 0 bridgehead atoms. The van der Waals surface area contributed by atoms with E-state index in [1.807, 2.05) is 20.8 Å². The first-order valence-corrected chi connectivity index (χ1v) is 8.29. The molecule has 0 saturated carbocycles. The van der Waals surface area contributed by atoms with Crippen LogP contribution in [0.25, 0.3) is 0 Å². The number of unbranched alkanes of at least 4 members (excludes halogenated alkanes) is 2. The fraction of sp³-hybridized carbons (Fsp3) is 1.00. The van der Waals surface area contributed by atoms with Crippen molar-refractivity contribution in [1.82, 2.24) is 6.15 Å². The largest absolute Gasteiger partial charge is 0.500 e. The van der Waals surface area contributed by atoms with Gasteiger partial charge in [-0.1, -0.05) is 6.42 Å². The molecule has 0 atom stereocenters. The minimum atomic E-state index is -2.39. The molecule has 0 saturated heterocycles. The van der Waals surface area contributed by atoms with Crippen LogP contribution in [0.3, 0.4) is 0 Å². The Morgan fingerprint density at radius 1 is 0.824 bits per heavy atom. The average molecular weight is 266 g/mol. The Labute approximate surface area is 107 Å². The summed E-state index contributed by atoms with van der Waals surface area (Å²) in [6, 6.07) is 0.905. The standard InChI is InChI=1S/C11H27NO3Si.H3N/c1-4-13-16(14-5-2,15-6-3)11-9-7-8-10-12;/h4-12H2,1-3H3;1H3. The van der Waals surface area contributed by atoms with Gasteiger partial charge in [-0.25, -0.2) is 0 Å². The van der Waals surface area contributed by atoms with Crippen molar-refractivity contribution in [2.75, 3.05) is 26.4 Å². The fourth-order valence-corrected chi connectivity index (χ4v) is 4.35. The predicted octanol–water partition coefficient (Wildman–Crippen LogP) is 2.33. The predicted molar refractivity (Wildman–Crippen MR) is 73.4 cm³/mol. The van der Waals surface area contributed by atoms with Gasteiger partial charge in [0.2, 0.25) is 0 Å². The number of hydrogen-bond acceptors (Lipinski definition) is 5. The highest BCUT2D eigenvalue weighted by atomic mass is 28.4. The first kappa shape index (κ1) is 19.4. The highest BCUT2D eigenvalue weighted by Crippen LogP contribution is 2.19. The molecule has 0 radical (unpaired) electrons. The Balaban J connectivity index is 0. The molecule has 0 spiro atoms.